The lowest BCUT2D eigenvalue weighted by Gasteiger charge is -2.11. The second kappa shape index (κ2) is 8.05. The van der Waals surface area contributed by atoms with Crippen LogP contribution in [0.2, 0.25) is 0 Å². The zero-order valence-electron chi connectivity index (χ0n) is 13.9. The zero-order valence-corrected chi connectivity index (χ0v) is 13.9. The largest absolute Gasteiger partial charge is 0.504 e. The van der Waals surface area contributed by atoms with E-state index in [9.17, 15) is 19.8 Å². The molecular weight excluding hydrogens is 326 g/mol. The van der Waals surface area contributed by atoms with E-state index in [1.165, 1.54) is 31.2 Å². The number of aromatic hydroxyl groups is 2. The van der Waals surface area contributed by atoms with Gasteiger partial charge in [-0.25, -0.2) is 0 Å². The van der Waals surface area contributed by atoms with Gasteiger partial charge >= 0.3 is 0 Å². The topological polar surface area (TPSA) is 105 Å². The number of phenolic OH excluding ortho intramolecular Hbond substituents is 2. The van der Waals surface area contributed by atoms with Crippen LogP contribution in [0.5, 0.6) is 23.0 Å². The van der Waals surface area contributed by atoms with Gasteiger partial charge in [-0.3, -0.25) is 9.59 Å². The summed E-state index contributed by atoms with van der Waals surface area (Å²) in [5, 5.41) is 22.1. The number of amides is 1. The molecule has 0 heterocycles. The van der Waals surface area contributed by atoms with E-state index in [4.69, 9.17) is 9.47 Å². The van der Waals surface area contributed by atoms with Gasteiger partial charge in [-0.05, 0) is 43.7 Å². The smallest absolute Gasteiger partial charge is 0.262 e. The Balaban J connectivity index is 1.91. The van der Waals surface area contributed by atoms with Crippen molar-refractivity contribution in [3.63, 3.8) is 0 Å². The molecule has 25 heavy (non-hydrogen) atoms. The van der Waals surface area contributed by atoms with Crippen LogP contribution in [0, 0.1) is 6.92 Å². The number of carbonyl (C=O) groups is 2. The minimum Gasteiger partial charge on any atom is -0.504 e. The number of nitrogens with one attached hydrogen (secondary N) is 1. The number of hydrogen-bond acceptors (Lipinski definition) is 6. The molecule has 132 valence electrons. The summed E-state index contributed by atoms with van der Waals surface area (Å²) in [6.07, 6.45) is 0. The van der Waals surface area contributed by atoms with Crippen LogP contribution in [0.1, 0.15) is 12.5 Å². The highest BCUT2D eigenvalue weighted by molar-refractivity contribution is 5.92. The number of rotatable bonds is 7. The lowest BCUT2D eigenvalue weighted by Crippen LogP contribution is -2.20. The summed E-state index contributed by atoms with van der Waals surface area (Å²) in [5.74, 6) is -0.524. The average Bonchev–Trinajstić information content (AvgIpc) is 2.53. The molecule has 0 aliphatic rings. The van der Waals surface area contributed by atoms with Crippen molar-refractivity contribution in [2.24, 2.45) is 0 Å². The first-order chi connectivity index (χ1) is 11.8. The van der Waals surface area contributed by atoms with E-state index < -0.39 is 5.91 Å². The van der Waals surface area contributed by atoms with E-state index in [0.29, 0.717) is 5.69 Å². The van der Waals surface area contributed by atoms with E-state index in [2.05, 4.69) is 5.32 Å². The number of ether oxygens (including phenoxy) is 2. The Morgan fingerprint density at radius 3 is 2.16 bits per heavy atom. The van der Waals surface area contributed by atoms with Crippen molar-refractivity contribution in [3.8, 4) is 23.0 Å². The monoisotopic (exact) mass is 345 g/mol. The number of anilines is 1. The Morgan fingerprint density at radius 2 is 1.56 bits per heavy atom. The Labute approximate surface area is 144 Å². The van der Waals surface area contributed by atoms with E-state index in [1.807, 2.05) is 6.92 Å². The maximum Gasteiger partial charge on any atom is 0.262 e. The van der Waals surface area contributed by atoms with Gasteiger partial charge in [-0.1, -0.05) is 6.07 Å². The number of Topliss-reactive ketones (excluding diaryl/α,β-unsaturated/α-hetero) is 1. The Morgan fingerprint density at radius 1 is 0.960 bits per heavy atom. The zero-order chi connectivity index (χ0) is 18.4. The second-order valence-electron chi connectivity index (χ2n) is 5.48. The number of ketones is 1. The molecule has 0 aliphatic heterocycles. The van der Waals surface area contributed by atoms with Gasteiger partial charge in [-0.15, -0.1) is 0 Å². The minimum absolute atomic E-state index is 0.0441. The molecule has 2 aromatic rings. The summed E-state index contributed by atoms with van der Waals surface area (Å²) < 4.78 is 10.4. The molecule has 0 bridgehead atoms. The molecule has 7 nitrogen and oxygen atoms in total. The van der Waals surface area contributed by atoms with Gasteiger partial charge in [0.1, 0.15) is 6.61 Å². The number of phenols is 2. The first kappa shape index (κ1) is 18.1. The molecule has 0 fully saturated rings. The third-order valence-electron chi connectivity index (χ3n) is 3.15. The Hall–Kier alpha value is -3.22. The highest BCUT2D eigenvalue weighted by atomic mass is 16.5. The van der Waals surface area contributed by atoms with Crippen LogP contribution in [-0.4, -0.2) is 35.1 Å². The van der Waals surface area contributed by atoms with Crippen LogP contribution in [0.3, 0.4) is 0 Å². The van der Waals surface area contributed by atoms with E-state index >= 15 is 0 Å². The van der Waals surface area contributed by atoms with Gasteiger partial charge in [0, 0.05) is 11.8 Å². The fraction of sp³-hybridized carbons (Fsp3) is 0.222. The quantitative estimate of drug-likeness (QED) is 0.712. The van der Waals surface area contributed by atoms with Crippen molar-refractivity contribution in [3.05, 3.63) is 42.0 Å². The van der Waals surface area contributed by atoms with Crippen LogP contribution in [0.15, 0.2) is 36.4 Å². The average molecular weight is 345 g/mol. The molecule has 3 N–H and O–H groups in total. The summed E-state index contributed by atoms with van der Waals surface area (Å²) in [4.78, 5) is 22.8. The summed E-state index contributed by atoms with van der Waals surface area (Å²) in [6.45, 7) is 2.75. The standard InChI is InChI=1S/C18H19NO6/c1-11-3-5-16(14(21)7-11)25-10-18(23)19-13-4-6-17(15(22)8-13)24-9-12(2)20/h3-8,21-22H,9-10H2,1-2H3,(H,19,23). The van der Waals surface area contributed by atoms with Gasteiger partial charge in [-0.2, -0.15) is 0 Å². The van der Waals surface area contributed by atoms with Crippen molar-refractivity contribution in [1.29, 1.82) is 0 Å². The number of hydrogen-bond donors (Lipinski definition) is 3. The first-order valence-electron chi connectivity index (χ1n) is 7.52. The maximum atomic E-state index is 11.9. The minimum atomic E-state index is -0.461. The van der Waals surface area contributed by atoms with Crippen molar-refractivity contribution in [2.45, 2.75) is 13.8 Å². The summed E-state index contributed by atoms with van der Waals surface area (Å²) >= 11 is 0. The van der Waals surface area contributed by atoms with Gasteiger partial charge in [0.05, 0.1) is 0 Å². The number of aryl methyl sites for hydroxylation is 1. The molecular formula is C18H19NO6. The van der Waals surface area contributed by atoms with E-state index in [1.54, 1.807) is 12.1 Å². The summed E-state index contributed by atoms with van der Waals surface area (Å²) in [5.41, 5.74) is 1.21. The molecule has 0 atom stereocenters. The molecule has 1 amide bonds. The lowest BCUT2D eigenvalue weighted by atomic mass is 10.2. The molecule has 0 spiro atoms. The van der Waals surface area contributed by atoms with Gasteiger partial charge in [0.15, 0.2) is 35.4 Å². The predicted molar refractivity (Wildman–Crippen MR) is 91.3 cm³/mol. The van der Waals surface area contributed by atoms with E-state index in [0.717, 1.165) is 5.56 Å². The number of carbonyl (C=O) groups excluding carboxylic acids is 2. The fourth-order valence-corrected chi connectivity index (χ4v) is 1.99. The van der Waals surface area contributed by atoms with E-state index in [-0.39, 0.29) is 42.0 Å². The highest BCUT2D eigenvalue weighted by Gasteiger charge is 2.10. The van der Waals surface area contributed by atoms with Crippen molar-refractivity contribution >= 4 is 17.4 Å². The molecule has 0 unspecified atom stereocenters. The maximum absolute atomic E-state index is 11.9. The molecule has 2 aromatic carbocycles. The normalized spacial score (nSPS) is 10.2. The van der Waals surface area contributed by atoms with Gasteiger partial charge in [0.2, 0.25) is 0 Å². The third-order valence-corrected chi connectivity index (χ3v) is 3.15. The fourth-order valence-electron chi connectivity index (χ4n) is 1.99. The molecule has 0 aromatic heterocycles. The Kier molecular flexibility index (Phi) is 5.84. The first-order valence-corrected chi connectivity index (χ1v) is 7.52. The molecule has 0 saturated carbocycles. The third kappa shape index (κ3) is 5.42. The van der Waals surface area contributed by atoms with Gasteiger partial charge < -0.3 is 25.0 Å². The van der Waals surface area contributed by atoms with Crippen LogP contribution < -0.4 is 14.8 Å². The van der Waals surface area contributed by atoms with Crippen molar-refractivity contribution in [1.82, 2.24) is 0 Å². The molecule has 0 radical (unpaired) electrons. The molecule has 7 heteroatoms. The summed E-state index contributed by atoms with van der Waals surface area (Å²) in [7, 11) is 0. The molecule has 2 rings (SSSR count). The highest BCUT2D eigenvalue weighted by Crippen LogP contribution is 2.29. The molecule has 0 saturated heterocycles. The Bertz CT molecular complexity index is 787. The summed E-state index contributed by atoms with van der Waals surface area (Å²) in [6, 6.07) is 9.13. The molecule has 0 aliphatic carbocycles. The van der Waals surface area contributed by atoms with Crippen LogP contribution >= 0.6 is 0 Å². The second-order valence-corrected chi connectivity index (χ2v) is 5.48. The van der Waals surface area contributed by atoms with Crippen molar-refractivity contribution < 1.29 is 29.3 Å². The SMILES string of the molecule is CC(=O)COc1ccc(NC(=O)COc2ccc(C)cc2O)cc1O. The van der Waals surface area contributed by atoms with Crippen molar-refractivity contribution in [2.75, 3.05) is 18.5 Å². The predicted octanol–water partition coefficient (Wildman–Crippen LogP) is 2.39. The van der Waals surface area contributed by atoms with Crippen LogP contribution in [0.4, 0.5) is 5.69 Å². The number of benzene rings is 2. The van der Waals surface area contributed by atoms with Crippen LogP contribution in [-0.2, 0) is 9.59 Å². The lowest BCUT2D eigenvalue weighted by molar-refractivity contribution is -0.119. The van der Waals surface area contributed by atoms with Gasteiger partial charge in [0.25, 0.3) is 5.91 Å². The van der Waals surface area contributed by atoms with Crippen LogP contribution in [0.25, 0.3) is 0 Å².